The van der Waals surface area contributed by atoms with Crippen molar-refractivity contribution in [2.24, 2.45) is 5.92 Å². The van der Waals surface area contributed by atoms with E-state index >= 15 is 0 Å². The van der Waals surface area contributed by atoms with E-state index in [2.05, 4.69) is 0 Å². The molecule has 1 aromatic rings. The van der Waals surface area contributed by atoms with Gasteiger partial charge in [0.25, 0.3) is 0 Å². The number of hydrogen-bond donors (Lipinski definition) is 1. The van der Waals surface area contributed by atoms with Gasteiger partial charge < -0.3 is 10.5 Å². The Labute approximate surface area is 114 Å². The van der Waals surface area contributed by atoms with Crippen LogP contribution in [-0.2, 0) is 9.53 Å². The Morgan fingerprint density at radius 2 is 2.22 bits per heavy atom. The molecule has 18 heavy (non-hydrogen) atoms. The van der Waals surface area contributed by atoms with Gasteiger partial charge in [0.2, 0.25) is 0 Å². The third kappa shape index (κ3) is 2.27. The van der Waals surface area contributed by atoms with Crippen molar-refractivity contribution in [3.8, 4) is 0 Å². The fourth-order valence-electron chi connectivity index (χ4n) is 1.96. The van der Waals surface area contributed by atoms with E-state index in [0.29, 0.717) is 18.6 Å². The van der Waals surface area contributed by atoms with Gasteiger partial charge in [-0.15, -0.1) is 0 Å². The maximum absolute atomic E-state index is 13.4. The van der Waals surface area contributed by atoms with E-state index in [9.17, 15) is 9.18 Å². The standard InChI is InChI=1S/C12H12Cl2FNO2/c1-2-18-12(17)7-3-5(7)6-4-8(16)11(15)10(14)9(6)13/h4-5,7H,2-3,16H2,1H3. The summed E-state index contributed by atoms with van der Waals surface area (Å²) in [4.78, 5) is 11.5. The van der Waals surface area contributed by atoms with Crippen LogP contribution in [0.3, 0.4) is 0 Å². The molecule has 1 aliphatic carbocycles. The van der Waals surface area contributed by atoms with Gasteiger partial charge in [0.1, 0.15) is 0 Å². The molecule has 0 saturated heterocycles. The molecule has 3 nitrogen and oxygen atoms in total. The fraction of sp³-hybridized carbons (Fsp3) is 0.417. The minimum atomic E-state index is -0.723. The lowest BCUT2D eigenvalue weighted by Crippen LogP contribution is -2.07. The summed E-state index contributed by atoms with van der Waals surface area (Å²) >= 11 is 11.7. The van der Waals surface area contributed by atoms with Crippen LogP contribution in [-0.4, -0.2) is 12.6 Å². The van der Waals surface area contributed by atoms with Crippen molar-refractivity contribution >= 4 is 34.9 Å². The number of hydrogen-bond acceptors (Lipinski definition) is 3. The Hall–Kier alpha value is -1.00. The predicted molar refractivity (Wildman–Crippen MR) is 68.3 cm³/mol. The molecule has 0 spiro atoms. The van der Waals surface area contributed by atoms with Crippen LogP contribution in [0.2, 0.25) is 10.0 Å². The number of carbonyl (C=O) groups excluding carboxylic acids is 1. The number of ether oxygens (including phenoxy) is 1. The second kappa shape index (κ2) is 4.94. The molecule has 6 heteroatoms. The number of rotatable bonds is 3. The lowest BCUT2D eigenvalue weighted by atomic mass is 10.1. The number of nitrogens with two attached hydrogens (primary N) is 1. The lowest BCUT2D eigenvalue weighted by molar-refractivity contribution is -0.144. The molecule has 2 rings (SSSR count). The monoisotopic (exact) mass is 291 g/mol. The first-order valence-corrected chi connectivity index (χ1v) is 6.32. The maximum Gasteiger partial charge on any atom is 0.309 e. The molecule has 0 aromatic heterocycles. The number of carbonyl (C=O) groups is 1. The molecule has 0 radical (unpaired) electrons. The van der Waals surface area contributed by atoms with Gasteiger partial charge in [0, 0.05) is 0 Å². The molecular formula is C12H12Cl2FNO2. The summed E-state index contributed by atoms with van der Waals surface area (Å²) in [6, 6.07) is 1.44. The van der Waals surface area contributed by atoms with Crippen LogP contribution in [0.4, 0.5) is 10.1 Å². The van der Waals surface area contributed by atoms with Gasteiger partial charge in [0.05, 0.1) is 28.3 Å². The van der Waals surface area contributed by atoms with E-state index < -0.39 is 5.82 Å². The largest absolute Gasteiger partial charge is 0.466 e. The normalized spacial score (nSPS) is 21.8. The van der Waals surface area contributed by atoms with Crippen molar-refractivity contribution in [3.05, 3.63) is 27.5 Å². The molecule has 2 unspecified atom stereocenters. The summed E-state index contributed by atoms with van der Waals surface area (Å²) in [6.07, 6.45) is 0.625. The van der Waals surface area contributed by atoms with E-state index in [1.54, 1.807) is 6.92 Å². The van der Waals surface area contributed by atoms with Gasteiger partial charge >= 0.3 is 5.97 Å². The van der Waals surface area contributed by atoms with Gasteiger partial charge in [-0.2, -0.15) is 0 Å². The van der Waals surface area contributed by atoms with Crippen LogP contribution in [0.5, 0.6) is 0 Å². The maximum atomic E-state index is 13.4. The van der Waals surface area contributed by atoms with E-state index in [0.717, 1.165) is 0 Å². The summed E-state index contributed by atoms with van der Waals surface area (Å²) in [5.41, 5.74) is 6.05. The molecule has 1 aliphatic rings. The highest BCUT2D eigenvalue weighted by Crippen LogP contribution is 2.52. The molecule has 0 aliphatic heterocycles. The number of anilines is 1. The molecule has 2 N–H and O–H groups in total. The zero-order chi connectivity index (χ0) is 13.4. The number of benzene rings is 1. The molecule has 1 aromatic carbocycles. The van der Waals surface area contributed by atoms with Gasteiger partial charge in [-0.3, -0.25) is 4.79 Å². The molecule has 0 heterocycles. The first kappa shape index (κ1) is 13.4. The van der Waals surface area contributed by atoms with Crippen molar-refractivity contribution in [3.63, 3.8) is 0 Å². The summed E-state index contributed by atoms with van der Waals surface area (Å²) in [6.45, 7) is 2.08. The van der Waals surface area contributed by atoms with E-state index in [-0.39, 0.29) is 33.5 Å². The van der Waals surface area contributed by atoms with Crippen LogP contribution < -0.4 is 5.73 Å². The highest BCUT2D eigenvalue weighted by atomic mass is 35.5. The zero-order valence-electron chi connectivity index (χ0n) is 9.67. The highest BCUT2D eigenvalue weighted by molar-refractivity contribution is 6.42. The van der Waals surface area contributed by atoms with Gasteiger partial charge in [-0.05, 0) is 30.9 Å². The average molecular weight is 292 g/mol. The van der Waals surface area contributed by atoms with Crippen LogP contribution >= 0.6 is 23.2 Å². The minimum absolute atomic E-state index is 0.0612. The molecule has 1 fully saturated rings. The fourth-order valence-corrected chi connectivity index (χ4v) is 2.46. The Morgan fingerprint density at radius 1 is 1.56 bits per heavy atom. The van der Waals surface area contributed by atoms with Crippen LogP contribution in [0.25, 0.3) is 0 Å². The topological polar surface area (TPSA) is 52.3 Å². The van der Waals surface area contributed by atoms with Crippen molar-refractivity contribution in [2.45, 2.75) is 19.3 Å². The minimum Gasteiger partial charge on any atom is -0.466 e. The first-order chi connectivity index (χ1) is 8.47. The average Bonchev–Trinajstić information content (AvgIpc) is 3.11. The van der Waals surface area contributed by atoms with Crippen molar-refractivity contribution < 1.29 is 13.9 Å². The lowest BCUT2D eigenvalue weighted by Gasteiger charge is -2.08. The first-order valence-electron chi connectivity index (χ1n) is 5.56. The third-order valence-electron chi connectivity index (χ3n) is 2.98. The second-order valence-electron chi connectivity index (χ2n) is 4.20. The van der Waals surface area contributed by atoms with Gasteiger partial charge in [0.15, 0.2) is 5.82 Å². The summed E-state index contributed by atoms with van der Waals surface area (Å²) in [7, 11) is 0. The predicted octanol–water partition coefficient (Wildman–Crippen LogP) is 3.38. The summed E-state index contributed by atoms with van der Waals surface area (Å²) in [5, 5.41) is -0.0682. The number of esters is 1. The Kier molecular flexibility index (Phi) is 3.69. The third-order valence-corrected chi connectivity index (χ3v) is 3.84. The summed E-state index contributed by atoms with van der Waals surface area (Å²) < 4.78 is 18.3. The Bertz CT molecular complexity index is 507. The molecule has 1 saturated carbocycles. The van der Waals surface area contributed by atoms with E-state index in [1.807, 2.05) is 0 Å². The molecular weight excluding hydrogens is 280 g/mol. The second-order valence-corrected chi connectivity index (χ2v) is 4.95. The quantitative estimate of drug-likeness (QED) is 0.528. The molecule has 0 bridgehead atoms. The Balaban J connectivity index is 2.25. The van der Waals surface area contributed by atoms with Gasteiger partial charge in [-0.25, -0.2) is 4.39 Å². The van der Waals surface area contributed by atoms with Crippen LogP contribution in [0.1, 0.15) is 24.8 Å². The molecule has 98 valence electrons. The Morgan fingerprint density at radius 3 is 2.83 bits per heavy atom. The zero-order valence-corrected chi connectivity index (χ0v) is 11.2. The number of nitrogen functional groups attached to an aromatic ring is 1. The van der Waals surface area contributed by atoms with Crippen LogP contribution in [0, 0.1) is 11.7 Å². The van der Waals surface area contributed by atoms with Crippen LogP contribution in [0.15, 0.2) is 6.07 Å². The van der Waals surface area contributed by atoms with E-state index in [4.69, 9.17) is 33.7 Å². The SMILES string of the molecule is CCOC(=O)C1CC1c1cc(N)c(F)c(Cl)c1Cl. The smallest absolute Gasteiger partial charge is 0.309 e. The van der Waals surface area contributed by atoms with Crippen molar-refractivity contribution in [2.75, 3.05) is 12.3 Å². The van der Waals surface area contributed by atoms with Gasteiger partial charge in [-0.1, -0.05) is 23.2 Å². The van der Waals surface area contributed by atoms with Crippen molar-refractivity contribution in [1.29, 1.82) is 0 Å². The van der Waals surface area contributed by atoms with Crippen molar-refractivity contribution in [1.82, 2.24) is 0 Å². The van der Waals surface area contributed by atoms with E-state index in [1.165, 1.54) is 6.07 Å². The molecule has 2 atom stereocenters. The number of halogens is 3. The summed E-state index contributed by atoms with van der Waals surface area (Å²) in [5.74, 6) is -1.31. The highest BCUT2D eigenvalue weighted by Gasteiger charge is 2.46. The molecule has 0 amide bonds.